The molecule has 0 aliphatic heterocycles. The van der Waals surface area contributed by atoms with E-state index in [4.69, 9.17) is 4.74 Å². The molecule has 0 aliphatic carbocycles. The molecule has 23 heavy (non-hydrogen) atoms. The molecule has 130 valence electrons. The molecule has 0 heterocycles. The molecule has 0 fully saturated rings. The smallest absolute Gasteiger partial charge is 0.251 e. The lowest BCUT2D eigenvalue weighted by atomic mass is 10.1. The number of hydrogen-bond donors (Lipinski definition) is 1. The lowest BCUT2D eigenvalue weighted by Crippen LogP contribution is -2.37. The van der Waals surface area contributed by atoms with Crippen LogP contribution in [0.5, 0.6) is 0 Å². The van der Waals surface area contributed by atoms with Crippen molar-refractivity contribution in [2.45, 2.75) is 52.6 Å². The van der Waals surface area contributed by atoms with Gasteiger partial charge in [-0.05, 0) is 50.0 Å². The van der Waals surface area contributed by atoms with E-state index in [1.54, 1.807) is 7.11 Å². The summed E-state index contributed by atoms with van der Waals surface area (Å²) in [6.07, 6.45) is 3.19. The first kappa shape index (κ1) is 19.7. The molecule has 0 aromatic heterocycles. The summed E-state index contributed by atoms with van der Waals surface area (Å²) in [6.45, 7) is 10.2. The van der Waals surface area contributed by atoms with Gasteiger partial charge in [-0.3, -0.25) is 9.69 Å². The standard InChI is InChI=1S/C19H32N2O2/c1-5-12-21(13-6-2)14-16-8-10-17(11-9-16)19(22)20-18(7-3)15-23-4/h8-11,18H,5-7,12-15H2,1-4H3,(H,20,22)/t18-/m0/s1. The van der Waals surface area contributed by atoms with Crippen molar-refractivity contribution >= 4 is 5.91 Å². The molecule has 1 atom stereocenters. The van der Waals surface area contributed by atoms with E-state index >= 15 is 0 Å². The highest BCUT2D eigenvalue weighted by Crippen LogP contribution is 2.09. The molecule has 0 radical (unpaired) electrons. The van der Waals surface area contributed by atoms with Crippen molar-refractivity contribution in [3.63, 3.8) is 0 Å². The fourth-order valence-corrected chi connectivity index (χ4v) is 2.65. The van der Waals surface area contributed by atoms with Gasteiger partial charge in [-0.2, -0.15) is 0 Å². The van der Waals surface area contributed by atoms with Gasteiger partial charge < -0.3 is 10.1 Å². The van der Waals surface area contributed by atoms with Crippen LogP contribution in [0, 0.1) is 0 Å². The first-order valence-electron chi connectivity index (χ1n) is 8.75. The van der Waals surface area contributed by atoms with Gasteiger partial charge in [0.05, 0.1) is 12.6 Å². The average molecular weight is 320 g/mol. The van der Waals surface area contributed by atoms with Gasteiger partial charge in [0.1, 0.15) is 0 Å². The molecule has 4 heteroatoms. The van der Waals surface area contributed by atoms with Crippen LogP contribution < -0.4 is 5.32 Å². The molecule has 0 saturated carbocycles. The quantitative estimate of drug-likeness (QED) is 0.679. The summed E-state index contributed by atoms with van der Waals surface area (Å²) in [5, 5.41) is 3.01. The fourth-order valence-electron chi connectivity index (χ4n) is 2.65. The van der Waals surface area contributed by atoms with Crippen LogP contribution in [0.25, 0.3) is 0 Å². The number of hydrogen-bond acceptors (Lipinski definition) is 3. The van der Waals surface area contributed by atoms with Crippen LogP contribution in [-0.4, -0.2) is 43.7 Å². The van der Waals surface area contributed by atoms with Crippen LogP contribution in [0.3, 0.4) is 0 Å². The first-order chi connectivity index (χ1) is 11.1. The molecule has 1 aromatic carbocycles. The molecular formula is C19H32N2O2. The van der Waals surface area contributed by atoms with E-state index in [-0.39, 0.29) is 11.9 Å². The first-order valence-corrected chi connectivity index (χ1v) is 8.75. The highest BCUT2D eigenvalue weighted by Gasteiger charge is 2.12. The second kappa shape index (κ2) is 11.2. The molecule has 1 aromatic rings. The van der Waals surface area contributed by atoms with E-state index in [9.17, 15) is 4.79 Å². The number of ether oxygens (including phenoxy) is 1. The Kier molecular flexibility index (Phi) is 9.57. The Morgan fingerprint density at radius 1 is 1.13 bits per heavy atom. The molecule has 0 bridgehead atoms. The van der Waals surface area contributed by atoms with Crippen molar-refractivity contribution in [3.8, 4) is 0 Å². The van der Waals surface area contributed by atoms with Crippen molar-refractivity contribution in [3.05, 3.63) is 35.4 Å². The average Bonchev–Trinajstić information content (AvgIpc) is 2.55. The predicted molar refractivity (Wildman–Crippen MR) is 95.7 cm³/mol. The van der Waals surface area contributed by atoms with Gasteiger partial charge in [0, 0.05) is 19.2 Å². The Morgan fingerprint density at radius 3 is 2.22 bits per heavy atom. The second-order valence-corrected chi connectivity index (χ2v) is 6.01. The third-order valence-corrected chi connectivity index (χ3v) is 3.90. The van der Waals surface area contributed by atoms with E-state index in [1.807, 2.05) is 19.1 Å². The molecule has 1 rings (SSSR count). The highest BCUT2D eigenvalue weighted by molar-refractivity contribution is 5.94. The topological polar surface area (TPSA) is 41.6 Å². The number of amides is 1. The molecule has 1 amide bonds. The minimum Gasteiger partial charge on any atom is -0.383 e. The van der Waals surface area contributed by atoms with Gasteiger partial charge in [0.2, 0.25) is 0 Å². The lowest BCUT2D eigenvalue weighted by Gasteiger charge is -2.21. The van der Waals surface area contributed by atoms with Gasteiger partial charge in [-0.15, -0.1) is 0 Å². The lowest BCUT2D eigenvalue weighted by molar-refractivity contribution is 0.0894. The largest absolute Gasteiger partial charge is 0.383 e. The molecule has 0 saturated heterocycles. The second-order valence-electron chi connectivity index (χ2n) is 6.01. The van der Waals surface area contributed by atoms with Crippen LogP contribution in [0.4, 0.5) is 0 Å². The molecular weight excluding hydrogens is 288 g/mol. The van der Waals surface area contributed by atoms with Crippen molar-refractivity contribution in [2.24, 2.45) is 0 Å². The van der Waals surface area contributed by atoms with Gasteiger partial charge in [-0.25, -0.2) is 0 Å². The number of carbonyl (C=O) groups excluding carboxylic acids is 1. The van der Waals surface area contributed by atoms with Crippen LogP contribution in [0.1, 0.15) is 56.0 Å². The molecule has 1 N–H and O–H groups in total. The Hall–Kier alpha value is -1.39. The van der Waals surface area contributed by atoms with Gasteiger partial charge in [0.15, 0.2) is 0 Å². The minimum atomic E-state index is -0.0283. The number of benzene rings is 1. The van der Waals surface area contributed by atoms with E-state index in [0.29, 0.717) is 12.2 Å². The number of nitrogens with one attached hydrogen (secondary N) is 1. The minimum absolute atomic E-state index is 0.0283. The predicted octanol–water partition coefficient (Wildman–Crippen LogP) is 3.46. The van der Waals surface area contributed by atoms with Crippen LogP contribution in [0.2, 0.25) is 0 Å². The Morgan fingerprint density at radius 2 is 1.74 bits per heavy atom. The van der Waals surface area contributed by atoms with Gasteiger partial charge in [-0.1, -0.05) is 32.9 Å². The zero-order valence-electron chi connectivity index (χ0n) is 15.1. The molecule has 0 unspecified atom stereocenters. The van der Waals surface area contributed by atoms with E-state index in [1.165, 1.54) is 18.4 Å². The van der Waals surface area contributed by atoms with E-state index in [0.717, 1.165) is 26.1 Å². The van der Waals surface area contributed by atoms with Gasteiger partial charge >= 0.3 is 0 Å². The Balaban J connectivity index is 2.62. The number of rotatable bonds is 11. The monoisotopic (exact) mass is 320 g/mol. The number of methoxy groups -OCH3 is 1. The summed E-state index contributed by atoms with van der Waals surface area (Å²) >= 11 is 0. The summed E-state index contributed by atoms with van der Waals surface area (Å²) < 4.78 is 5.12. The van der Waals surface area contributed by atoms with E-state index in [2.05, 4.69) is 36.2 Å². The maximum atomic E-state index is 12.3. The third-order valence-electron chi connectivity index (χ3n) is 3.90. The maximum Gasteiger partial charge on any atom is 0.251 e. The molecule has 0 spiro atoms. The van der Waals surface area contributed by atoms with Crippen molar-refractivity contribution < 1.29 is 9.53 Å². The number of nitrogens with zero attached hydrogens (tertiary/aromatic N) is 1. The van der Waals surface area contributed by atoms with Crippen molar-refractivity contribution in [2.75, 3.05) is 26.8 Å². The third kappa shape index (κ3) is 7.14. The summed E-state index contributed by atoms with van der Waals surface area (Å²) in [6, 6.07) is 8.02. The summed E-state index contributed by atoms with van der Waals surface area (Å²) in [5.41, 5.74) is 1.97. The SMILES string of the molecule is CCCN(CCC)Cc1ccc(C(=O)N[C@@H](CC)COC)cc1. The zero-order valence-corrected chi connectivity index (χ0v) is 15.1. The van der Waals surface area contributed by atoms with Crippen LogP contribution in [-0.2, 0) is 11.3 Å². The van der Waals surface area contributed by atoms with E-state index < -0.39 is 0 Å². The maximum absolute atomic E-state index is 12.3. The summed E-state index contributed by atoms with van der Waals surface area (Å²) in [7, 11) is 1.65. The molecule has 0 aliphatic rings. The van der Waals surface area contributed by atoms with Crippen molar-refractivity contribution in [1.82, 2.24) is 10.2 Å². The number of carbonyl (C=O) groups is 1. The molecule has 4 nitrogen and oxygen atoms in total. The normalized spacial score (nSPS) is 12.4. The highest BCUT2D eigenvalue weighted by atomic mass is 16.5. The summed E-state index contributed by atoms with van der Waals surface area (Å²) in [5.74, 6) is -0.0283. The Labute approximate surface area is 141 Å². The van der Waals surface area contributed by atoms with Crippen LogP contribution in [0.15, 0.2) is 24.3 Å². The Bertz CT molecular complexity index is 439. The summed E-state index contributed by atoms with van der Waals surface area (Å²) in [4.78, 5) is 14.7. The fraction of sp³-hybridized carbons (Fsp3) is 0.632. The zero-order chi connectivity index (χ0) is 17.1. The van der Waals surface area contributed by atoms with Crippen LogP contribution >= 0.6 is 0 Å². The van der Waals surface area contributed by atoms with Crippen molar-refractivity contribution in [1.29, 1.82) is 0 Å². The van der Waals surface area contributed by atoms with Gasteiger partial charge in [0.25, 0.3) is 5.91 Å².